The van der Waals surface area contributed by atoms with E-state index in [1.807, 2.05) is 12.1 Å². The Morgan fingerprint density at radius 3 is 2.44 bits per heavy atom. The van der Waals surface area contributed by atoms with Crippen LogP contribution in [0.25, 0.3) is 11.1 Å². The molecule has 0 bridgehead atoms. The normalized spacial score (nSPS) is 16.6. The second-order valence-corrected chi connectivity index (χ2v) is 9.38. The highest BCUT2D eigenvalue weighted by Crippen LogP contribution is 2.29. The summed E-state index contributed by atoms with van der Waals surface area (Å²) in [6.45, 7) is 1.93. The first-order chi connectivity index (χ1) is 12.8. The highest BCUT2D eigenvalue weighted by molar-refractivity contribution is 7.88. The molecule has 1 fully saturated rings. The summed E-state index contributed by atoms with van der Waals surface area (Å²) >= 11 is 0. The van der Waals surface area contributed by atoms with Crippen LogP contribution in [0.4, 0.5) is 0 Å². The molecule has 1 saturated heterocycles. The van der Waals surface area contributed by atoms with Crippen LogP contribution in [-0.2, 0) is 16.6 Å². The van der Waals surface area contributed by atoms with Gasteiger partial charge >= 0.3 is 0 Å². The maximum Gasteiger partial charge on any atom is 0.211 e. The van der Waals surface area contributed by atoms with E-state index in [1.165, 1.54) is 21.7 Å². The fraction of sp³-hybridized carbons (Fsp3) is 0.429. The molecule has 0 radical (unpaired) electrons. The third kappa shape index (κ3) is 5.31. The van der Waals surface area contributed by atoms with E-state index in [2.05, 4.69) is 55.4 Å². The lowest BCUT2D eigenvalue weighted by Crippen LogP contribution is -2.41. The number of hydrogen-bond acceptors (Lipinski definition) is 4. The molecule has 3 rings (SSSR count). The van der Waals surface area contributed by atoms with Gasteiger partial charge in [0.05, 0.1) is 6.26 Å². The molecule has 5 nitrogen and oxygen atoms in total. The van der Waals surface area contributed by atoms with Crippen molar-refractivity contribution in [3.63, 3.8) is 0 Å². The maximum atomic E-state index is 11.6. The Labute approximate surface area is 162 Å². The van der Waals surface area contributed by atoms with Gasteiger partial charge in [-0.25, -0.2) is 12.7 Å². The van der Waals surface area contributed by atoms with Gasteiger partial charge < -0.3 is 9.64 Å². The molecule has 0 N–H and O–H groups in total. The second-order valence-electron chi connectivity index (χ2n) is 7.40. The summed E-state index contributed by atoms with van der Waals surface area (Å²) in [4.78, 5) is 2.16. The van der Waals surface area contributed by atoms with Gasteiger partial charge in [-0.3, -0.25) is 0 Å². The van der Waals surface area contributed by atoms with Crippen molar-refractivity contribution < 1.29 is 13.2 Å². The topological polar surface area (TPSA) is 49.9 Å². The first-order valence-electron chi connectivity index (χ1n) is 9.28. The van der Waals surface area contributed by atoms with Gasteiger partial charge in [-0.15, -0.1) is 0 Å². The number of benzene rings is 2. The smallest absolute Gasteiger partial charge is 0.211 e. The number of rotatable bonds is 6. The molecule has 0 spiro atoms. The van der Waals surface area contributed by atoms with Crippen LogP contribution in [0.1, 0.15) is 18.4 Å². The van der Waals surface area contributed by atoms with E-state index >= 15 is 0 Å². The van der Waals surface area contributed by atoms with Gasteiger partial charge in [0.25, 0.3) is 0 Å². The van der Waals surface area contributed by atoms with Crippen molar-refractivity contribution in [2.24, 2.45) is 0 Å². The van der Waals surface area contributed by atoms with Crippen molar-refractivity contribution in [3.05, 3.63) is 54.1 Å². The third-order valence-electron chi connectivity index (χ3n) is 4.82. The Morgan fingerprint density at radius 1 is 1.07 bits per heavy atom. The fourth-order valence-corrected chi connectivity index (χ4v) is 4.37. The summed E-state index contributed by atoms with van der Waals surface area (Å²) in [5.41, 5.74) is 3.63. The van der Waals surface area contributed by atoms with E-state index in [0.717, 1.165) is 17.9 Å². The Balaban J connectivity index is 1.72. The maximum absolute atomic E-state index is 11.6. The number of piperidine rings is 1. The Morgan fingerprint density at radius 2 is 1.78 bits per heavy atom. The van der Waals surface area contributed by atoms with Crippen molar-refractivity contribution in [2.75, 3.05) is 33.4 Å². The first-order valence-corrected chi connectivity index (χ1v) is 11.1. The number of hydrogen-bond donors (Lipinski definition) is 0. The van der Waals surface area contributed by atoms with Gasteiger partial charge in [-0.2, -0.15) is 0 Å². The van der Waals surface area contributed by atoms with E-state index in [1.54, 1.807) is 0 Å². The van der Waals surface area contributed by atoms with Crippen LogP contribution >= 0.6 is 0 Å². The van der Waals surface area contributed by atoms with Crippen LogP contribution in [0.15, 0.2) is 48.5 Å². The summed E-state index contributed by atoms with van der Waals surface area (Å²) in [6.07, 6.45) is 2.75. The van der Waals surface area contributed by atoms with Crippen molar-refractivity contribution in [1.82, 2.24) is 9.21 Å². The monoisotopic (exact) mass is 388 g/mol. The second kappa shape index (κ2) is 8.42. The van der Waals surface area contributed by atoms with Crippen LogP contribution in [0.5, 0.6) is 5.75 Å². The van der Waals surface area contributed by atoms with E-state index in [4.69, 9.17) is 4.74 Å². The lowest BCUT2D eigenvalue weighted by atomic mass is 9.99. The quantitative estimate of drug-likeness (QED) is 0.762. The van der Waals surface area contributed by atoms with Crippen molar-refractivity contribution in [3.8, 4) is 16.9 Å². The molecule has 0 aliphatic carbocycles. The molecular formula is C21H28N2O3S. The molecule has 0 unspecified atom stereocenters. The molecule has 1 aliphatic rings. The van der Waals surface area contributed by atoms with Crippen molar-refractivity contribution >= 4 is 10.0 Å². The van der Waals surface area contributed by atoms with E-state index < -0.39 is 10.0 Å². The highest BCUT2D eigenvalue weighted by Gasteiger charge is 2.25. The summed E-state index contributed by atoms with van der Waals surface area (Å²) in [7, 11) is 1.03. The highest BCUT2D eigenvalue weighted by atomic mass is 32.2. The predicted molar refractivity (Wildman–Crippen MR) is 109 cm³/mol. The van der Waals surface area contributed by atoms with E-state index in [0.29, 0.717) is 25.9 Å². The first kappa shape index (κ1) is 19.9. The minimum absolute atomic E-state index is 0.0512. The molecule has 2 aromatic carbocycles. The van der Waals surface area contributed by atoms with Crippen molar-refractivity contribution in [2.45, 2.75) is 25.5 Å². The molecule has 1 heterocycles. The average molecular weight is 389 g/mol. The lowest BCUT2D eigenvalue weighted by Gasteiger charge is -2.30. The molecular weight excluding hydrogens is 360 g/mol. The van der Waals surface area contributed by atoms with E-state index in [9.17, 15) is 8.42 Å². The summed E-state index contributed by atoms with van der Waals surface area (Å²) < 4.78 is 31.0. The van der Waals surface area contributed by atoms with Gasteiger partial charge in [-0.1, -0.05) is 36.4 Å². The van der Waals surface area contributed by atoms with Crippen molar-refractivity contribution in [1.29, 1.82) is 0 Å². The molecule has 146 valence electrons. The lowest BCUT2D eigenvalue weighted by molar-refractivity contribution is 0.135. The molecule has 0 saturated carbocycles. The van der Waals surface area contributed by atoms with Gasteiger partial charge in [0.1, 0.15) is 11.9 Å². The minimum atomic E-state index is -3.11. The molecule has 0 amide bonds. The van der Waals surface area contributed by atoms with Crippen LogP contribution in [-0.4, -0.2) is 57.2 Å². The molecule has 1 aliphatic heterocycles. The van der Waals surface area contributed by atoms with Gasteiger partial charge in [0.2, 0.25) is 10.0 Å². The number of ether oxygens (including phenoxy) is 1. The SMILES string of the molecule is CN(C)Cc1ccccc1-c1cccc(OC2CCN(S(C)(=O)=O)CC2)c1. The standard InChI is InChI=1S/C21H28N2O3S/c1-22(2)16-18-7-4-5-10-21(18)17-8-6-9-20(15-17)26-19-11-13-23(14-12-19)27(3,24)25/h4-10,15,19H,11-14,16H2,1-3H3. The Hall–Kier alpha value is -1.89. The van der Waals surface area contributed by atoms with Crippen LogP contribution in [0.2, 0.25) is 0 Å². The van der Waals surface area contributed by atoms with Crippen LogP contribution in [0, 0.1) is 0 Å². The number of sulfonamides is 1. The average Bonchev–Trinajstić information content (AvgIpc) is 2.62. The predicted octanol–water partition coefficient (Wildman–Crippen LogP) is 3.22. The summed E-state index contributed by atoms with van der Waals surface area (Å²) in [6, 6.07) is 16.6. The Bertz CT molecular complexity index is 873. The van der Waals surface area contributed by atoms with Crippen LogP contribution in [0.3, 0.4) is 0 Å². The van der Waals surface area contributed by atoms with Gasteiger partial charge in [-0.05, 0) is 55.8 Å². The molecule has 2 aromatic rings. The van der Waals surface area contributed by atoms with Gasteiger partial charge in [0, 0.05) is 19.6 Å². The van der Waals surface area contributed by atoms with Gasteiger partial charge in [0.15, 0.2) is 0 Å². The molecule has 27 heavy (non-hydrogen) atoms. The van der Waals surface area contributed by atoms with E-state index in [-0.39, 0.29) is 6.10 Å². The minimum Gasteiger partial charge on any atom is -0.490 e. The molecule has 6 heteroatoms. The zero-order valence-electron chi connectivity index (χ0n) is 16.3. The summed E-state index contributed by atoms with van der Waals surface area (Å²) in [5.74, 6) is 0.838. The largest absolute Gasteiger partial charge is 0.490 e. The third-order valence-corrected chi connectivity index (χ3v) is 6.12. The Kier molecular flexibility index (Phi) is 6.19. The molecule has 0 aromatic heterocycles. The fourth-order valence-electron chi connectivity index (χ4n) is 3.49. The zero-order chi connectivity index (χ0) is 19.4. The summed E-state index contributed by atoms with van der Waals surface area (Å²) in [5, 5.41) is 0. The zero-order valence-corrected chi connectivity index (χ0v) is 17.1. The molecule has 0 atom stereocenters. The van der Waals surface area contributed by atoms with Crippen LogP contribution < -0.4 is 4.74 Å². The number of nitrogens with zero attached hydrogens (tertiary/aromatic N) is 2.